The van der Waals surface area contributed by atoms with E-state index in [0.717, 1.165) is 37.1 Å². The Morgan fingerprint density at radius 1 is 1.14 bits per heavy atom. The SMILES string of the molecule is CC(C)[C@@H](N)C(=O)OC[n+]1ccc(NC(=NCCCCCCOc2ccc(Cl)cc2)NC#N)cc1.Cl.[Cl-]. The van der Waals surface area contributed by atoms with Crippen molar-refractivity contribution in [2.45, 2.75) is 52.3 Å². The van der Waals surface area contributed by atoms with E-state index in [1.807, 2.05) is 44.3 Å². The van der Waals surface area contributed by atoms with Crippen molar-refractivity contribution in [3.05, 3.63) is 53.8 Å². The monoisotopic (exact) mass is 572 g/mol. The molecule has 204 valence electrons. The summed E-state index contributed by atoms with van der Waals surface area (Å²) in [5, 5.41) is 15.4. The van der Waals surface area contributed by atoms with E-state index in [0.29, 0.717) is 24.1 Å². The van der Waals surface area contributed by atoms with Gasteiger partial charge in [0, 0.05) is 23.7 Å². The molecule has 0 amide bonds. The number of carbonyl (C=O) groups is 1. The molecule has 0 radical (unpaired) electrons. The first-order chi connectivity index (χ1) is 16.9. The number of pyridine rings is 1. The number of anilines is 1. The highest BCUT2D eigenvalue weighted by atomic mass is 35.5. The van der Waals surface area contributed by atoms with Gasteiger partial charge in [0.05, 0.1) is 12.3 Å². The van der Waals surface area contributed by atoms with E-state index in [1.54, 1.807) is 29.1 Å². The minimum atomic E-state index is -0.643. The Balaban J connectivity index is 0.00000648. The number of nitrogens with one attached hydrogen (secondary N) is 2. The molecular formula is C25H35Cl3N6O3. The van der Waals surface area contributed by atoms with Crippen LogP contribution in [0.3, 0.4) is 0 Å². The summed E-state index contributed by atoms with van der Waals surface area (Å²) in [6, 6.07) is 10.3. The fourth-order valence-electron chi connectivity index (χ4n) is 2.91. The minimum absolute atomic E-state index is 0. The lowest BCUT2D eigenvalue weighted by Crippen LogP contribution is -3.00. The van der Waals surface area contributed by atoms with Crippen LogP contribution in [0, 0.1) is 17.4 Å². The maximum atomic E-state index is 11.9. The molecule has 0 aliphatic carbocycles. The zero-order valence-electron chi connectivity index (χ0n) is 21.0. The Bertz CT molecular complexity index is 983. The number of rotatable bonds is 13. The molecule has 12 heteroatoms. The minimum Gasteiger partial charge on any atom is -1.00 e. The molecule has 0 saturated heterocycles. The van der Waals surface area contributed by atoms with E-state index in [-0.39, 0.29) is 37.5 Å². The number of benzene rings is 1. The molecule has 0 saturated carbocycles. The largest absolute Gasteiger partial charge is 1.00 e. The Morgan fingerprint density at radius 2 is 1.78 bits per heavy atom. The highest BCUT2D eigenvalue weighted by Crippen LogP contribution is 2.16. The van der Waals surface area contributed by atoms with Crippen molar-refractivity contribution in [3.63, 3.8) is 0 Å². The van der Waals surface area contributed by atoms with Crippen LogP contribution in [-0.4, -0.2) is 31.1 Å². The van der Waals surface area contributed by atoms with Crippen molar-refractivity contribution in [1.82, 2.24) is 5.32 Å². The first-order valence-electron chi connectivity index (χ1n) is 11.7. The number of unbranched alkanes of at least 4 members (excludes halogenated alkanes) is 3. The molecule has 1 atom stereocenters. The molecule has 0 fully saturated rings. The third-order valence-electron chi connectivity index (χ3n) is 5.08. The van der Waals surface area contributed by atoms with E-state index in [2.05, 4.69) is 15.6 Å². The second-order valence-electron chi connectivity index (χ2n) is 8.27. The Hall–Kier alpha value is -2.77. The fraction of sp³-hybridized carbons (Fsp3) is 0.440. The van der Waals surface area contributed by atoms with Gasteiger partial charge in [-0.1, -0.05) is 31.9 Å². The zero-order valence-corrected chi connectivity index (χ0v) is 23.4. The average Bonchev–Trinajstić information content (AvgIpc) is 2.85. The van der Waals surface area contributed by atoms with Crippen LogP contribution < -0.4 is 38.1 Å². The number of halogens is 3. The molecule has 4 N–H and O–H groups in total. The summed E-state index contributed by atoms with van der Waals surface area (Å²) in [5.41, 5.74) is 6.53. The van der Waals surface area contributed by atoms with Gasteiger partial charge in [-0.3, -0.25) is 15.1 Å². The highest BCUT2D eigenvalue weighted by Gasteiger charge is 2.19. The number of nitriles is 1. The topological polar surface area (TPSA) is 126 Å². The van der Waals surface area contributed by atoms with Crippen LogP contribution in [0.25, 0.3) is 0 Å². The molecular weight excluding hydrogens is 539 g/mol. The first kappa shape index (κ1) is 34.2. The molecule has 9 nitrogen and oxygen atoms in total. The second kappa shape index (κ2) is 19.4. The van der Waals surface area contributed by atoms with Gasteiger partial charge < -0.3 is 32.9 Å². The summed E-state index contributed by atoms with van der Waals surface area (Å²) < 4.78 is 12.6. The number of hydrogen-bond donors (Lipinski definition) is 3. The third-order valence-corrected chi connectivity index (χ3v) is 5.33. The highest BCUT2D eigenvalue weighted by molar-refractivity contribution is 6.30. The predicted molar refractivity (Wildman–Crippen MR) is 143 cm³/mol. The lowest BCUT2D eigenvalue weighted by atomic mass is 10.1. The van der Waals surface area contributed by atoms with Crippen LogP contribution >= 0.6 is 24.0 Å². The molecule has 1 aromatic carbocycles. The van der Waals surface area contributed by atoms with Crippen molar-refractivity contribution >= 4 is 41.6 Å². The quantitative estimate of drug-likeness (QED) is 0.0621. The fourth-order valence-corrected chi connectivity index (χ4v) is 3.04. The predicted octanol–water partition coefficient (Wildman–Crippen LogP) is 1.02. The molecule has 0 spiro atoms. The number of guanidine groups is 1. The first-order valence-corrected chi connectivity index (χ1v) is 12.0. The maximum Gasteiger partial charge on any atom is 0.327 e. The van der Waals surface area contributed by atoms with Gasteiger partial charge >= 0.3 is 5.97 Å². The molecule has 37 heavy (non-hydrogen) atoms. The molecule has 2 rings (SSSR count). The van der Waals surface area contributed by atoms with E-state index >= 15 is 0 Å². The molecule has 2 aromatic rings. The maximum absolute atomic E-state index is 11.9. The van der Waals surface area contributed by atoms with Crippen LogP contribution in [0.15, 0.2) is 53.8 Å². The summed E-state index contributed by atoms with van der Waals surface area (Å²) in [7, 11) is 0. The Labute approximate surface area is 236 Å². The summed E-state index contributed by atoms with van der Waals surface area (Å²) in [5.74, 6) is 0.778. The normalized spacial score (nSPS) is 11.4. The van der Waals surface area contributed by atoms with Gasteiger partial charge in [0.1, 0.15) is 11.8 Å². The smallest absolute Gasteiger partial charge is 0.327 e. The standard InChI is InChI=1S/C25H33ClN6O3.2ClH/c1-19(2)23(28)24(33)35-18-32-14-11-21(12-15-32)31-25(30-17-27)29-13-5-3-4-6-16-34-22-9-7-20(26)8-10-22;;/h7-12,14-15,19,23H,3-6,13,16,18,28H2,1-2H3,(H,29,30);2*1H/t23-;;/m1../s1. The average molecular weight is 574 g/mol. The summed E-state index contributed by atoms with van der Waals surface area (Å²) in [6.07, 6.45) is 9.31. The van der Waals surface area contributed by atoms with Crippen molar-refractivity contribution in [2.24, 2.45) is 16.6 Å². The Morgan fingerprint density at radius 3 is 2.41 bits per heavy atom. The third kappa shape index (κ3) is 13.9. The number of nitrogens with two attached hydrogens (primary N) is 1. The van der Waals surface area contributed by atoms with E-state index in [1.165, 1.54) is 0 Å². The molecule has 1 heterocycles. The number of aliphatic imine (C=N–C) groups is 1. The second-order valence-corrected chi connectivity index (χ2v) is 8.71. The van der Waals surface area contributed by atoms with Gasteiger partial charge in [-0.2, -0.15) is 9.83 Å². The van der Waals surface area contributed by atoms with Crippen LogP contribution in [-0.2, 0) is 16.3 Å². The van der Waals surface area contributed by atoms with Crippen LogP contribution in [0.5, 0.6) is 5.75 Å². The summed E-state index contributed by atoms with van der Waals surface area (Å²) in [6.45, 7) is 5.06. The van der Waals surface area contributed by atoms with Crippen molar-refractivity contribution in [1.29, 1.82) is 5.26 Å². The van der Waals surface area contributed by atoms with E-state index < -0.39 is 12.0 Å². The summed E-state index contributed by atoms with van der Waals surface area (Å²) >= 11 is 5.86. The van der Waals surface area contributed by atoms with Gasteiger partial charge in [-0.05, 0) is 49.4 Å². The number of nitrogens with zero attached hydrogens (tertiary/aromatic N) is 3. The number of ether oxygens (including phenoxy) is 2. The van der Waals surface area contributed by atoms with E-state index in [9.17, 15) is 4.79 Å². The number of carbonyl (C=O) groups excluding carboxylic acids is 1. The van der Waals surface area contributed by atoms with Crippen LogP contribution in [0.2, 0.25) is 5.02 Å². The van der Waals surface area contributed by atoms with Gasteiger partial charge in [0.2, 0.25) is 5.96 Å². The van der Waals surface area contributed by atoms with Crippen molar-refractivity contribution in [2.75, 3.05) is 18.5 Å². The van der Waals surface area contributed by atoms with Gasteiger partial charge in [0.25, 0.3) is 6.73 Å². The molecule has 0 aliphatic rings. The number of esters is 1. The lowest BCUT2D eigenvalue weighted by molar-refractivity contribution is -0.727. The molecule has 0 unspecified atom stereocenters. The Kier molecular flexibility index (Phi) is 17.9. The molecule has 0 bridgehead atoms. The zero-order chi connectivity index (χ0) is 25.5. The number of hydrogen-bond acceptors (Lipinski definition) is 6. The van der Waals surface area contributed by atoms with Crippen molar-refractivity contribution < 1.29 is 31.2 Å². The van der Waals surface area contributed by atoms with Gasteiger partial charge in [-0.15, -0.1) is 12.4 Å². The van der Waals surface area contributed by atoms with Gasteiger partial charge in [-0.25, -0.2) is 0 Å². The molecule has 0 aliphatic heterocycles. The summed E-state index contributed by atoms with van der Waals surface area (Å²) in [4.78, 5) is 16.3. The lowest BCUT2D eigenvalue weighted by Gasteiger charge is -2.12. The van der Waals surface area contributed by atoms with Gasteiger partial charge in [0.15, 0.2) is 18.6 Å². The molecule has 1 aromatic heterocycles. The number of aromatic nitrogens is 1. The van der Waals surface area contributed by atoms with Crippen LogP contribution in [0.4, 0.5) is 5.69 Å². The van der Waals surface area contributed by atoms with E-state index in [4.69, 9.17) is 32.1 Å². The van der Waals surface area contributed by atoms with Crippen molar-refractivity contribution in [3.8, 4) is 11.9 Å². The van der Waals surface area contributed by atoms with Crippen LogP contribution in [0.1, 0.15) is 39.5 Å².